The molecular weight excluding hydrogens is 188 g/mol. The lowest BCUT2D eigenvalue weighted by Gasteiger charge is -2.26. The third-order valence-corrected chi connectivity index (χ3v) is 3.20. The van der Waals surface area contributed by atoms with Crippen molar-refractivity contribution in [2.45, 2.75) is 24.8 Å². The topological polar surface area (TPSA) is 60.1 Å². The second kappa shape index (κ2) is 3.87. The first kappa shape index (κ1) is 10.2. The molecule has 0 aliphatic carbocycles. The molecule has 1 atom stereocenters. The van der Waals surface area contributed by atoms with E-state index in [1.165, 1.54) is 17.3 Å². The van der Waals surface area contributed by atoms with Crippen LogP contribution in [0.3, 0.4) is 0 Å². The van der Waals surface area contributed by atoms with Crippen molar-refractivity contribution in [3.8, 4) is 0 Å². The molecule has 1 heterocycles. The highest BCUT2D eigenvalue weighted by molar-refractivity contribution is 7.99. The van der Waals surface area contributed by atoms with Crippen molar-refractivity contribution in [1.29, 1.82) is 0 Å². The summed E-state index contributed by atoms with van der Waals surface area (Å²) in [5.74, 6) is 0. The molecule has 0 aromatic carbocycles. The van der Waals surface area contributed by atoms with Crippen molar-refractivity contribution in [1.82, 2.24) is 14.8 Å². The molecule has 0 fully saturated rings. The van der Waals surface area contributed by atoms with E-state index in [1.807, 2.05) is 20.1 Å². The second-order valence-corrected chi connectivity index (χ2v) is 4.62. The Bertz CT molecular complexity index is 272. The van der Waals surface area contributed by atoms with Gasteiger partial charge in [-0.25, -0.2) is 9.67 Å². The van der Waals surface area contributed by atoms with E-state index in [2.05, 4.69) is 15.3 Å². The first-order chi connectivity index (χ1) is 6.11. The largest absolute Gasteiger partial charge is 0.223 e. The maximum Gasteiger partial charge on any atom is 0.198 e. The van der Waals surface area contributed by atoms with Gasteiger partial charge in [0.1, 0.15) is 12.7 Å². The maximum atomic E-state index is 10.7. The van der Waals surface area contributed by atoms with E-state index in [1.54, 1.807) is 11.8 Å². The highest BCUT2D eigenvalue weighted by atomic mass is 32.2. The van der Waals surface area contributed by atoms with Gasteiger partial charge < -0.3 is 0 Å². The standard InChI is InChI=1S/C7H12N4OS/c1-7(2,13-3)6(10-12)11-5-8-4-9-11/h4-6H,1-3H3. The molecule has 1 unspecified atom stereocenters. The predicted molar refractivity (Wildman–Crippen MR) is 52.4 cm³/mol. The molecule has 72 valence electrons. The molecule has 0 N–H and O–H groups in total. The van der Waals surface area contributed by atoms with Gasteiger partial charge in [0.2, 0.25) is 0 Å². The molecule has 0 bridgehead atoms. The number of rotatable bonds is 4. The SMILES string of the molecule is CSC(C)(C)C(N=O)n1cncn1. The number of hydrogen-bond acceptors (Lipinski definition) is 5. The Morgan fingerprint density at radius 1 is 1.62 bits per heavy atom. The zero-order valence-electron chi connectivity index (χ0n) is 7.84. The van der Waals surface area contributed by atoms with Gasteiger partial charge in [-0.05, 0) is 25.3 Å². The van der Waals surface area contributed by atoms with E-state index < -0.39 is 6.17 Å². The summed E-state index contributed by atoms with van der Waals surface area (Å²) in [5.41, 5.74) is 0. The zero-order chi connectivity index (χ0) is 9.90. The van der Waals surface area contributed by atoms with Crippen LogP contribution >= 0.6 is 11.8 Å². The fourth-order valence-corrected chi connectivity index (χ4v) is 1.30. The lowest BCUT2D eigenvalue weighted by Crippen LogP contribution is -2.28. The molecular formula is C7H12N4OS. The summed E-state index contributed by atoms with van der Waals surface area (Å²) in [5, 5.41) is 6.96. The summed E-state index contributed by atoms with van der Waals surface area (Å²) in [4.78, 5) is 14.4. The van der Waals surface area contributed by atoms with Gasteiger partial charge in [0, 0.05) is 0 Å². The molecule has 1 aromatic heterocycles. The Morgan fingerprint density at radius 3 is 2.69 bits per heavy atom. The minimum Gasteiger partial charge on any atom is -0.223 e. The van der Waals surface area contributed by atoms with Gasteiger partial charge in [-0.2, -0.15) is 16.9 Å². The van der Waals surface area contributed by atoms with E-state index in [-0.39, 0.29) is 4.75 Å². The van der Waals surface area contributed by atoms with Crippen LogP contribution in [-0.4, -0.2) is 25.8 Å². The summed E-state index contributed by atoms with van der Waals surface area (Å²) in [6.45, 7) is 3.90. The van der Waals surface area contributed by atoms with E-state index in [9.17, 15) is 4.91 Å². The van der Waals surface area contributed by atoms with Gasteiger partial charge in [0.05, 0.1) is 4.75 Å². The molecule has 1 aromatic rings. The maximum absolute atomic E-state index is 10.7. The Labute approximate surface area is 80.9 Å². The van der Waals surface area contributed by atoms with Gasteiger partial charge in [-0.1, -0.05) is 0 Å². The molecule has 0 spiro atoms. The highest BCUT2D eigenvalue weighted by Gasteiger charge is 2.31. The number of aromatic nitrogens is 3. The van der Waals surface area contributed by atoms with Crippen molar-refractivity contribution in [2.75, 3.05) is 6.26 Å². The molecule has 5 nitrogen and oxygen atoms in total. The summed E-state index contributed by atoms with van der Waals surface area (Å²) < 4.78 is 1.21. The van der Waals surface area contributed by atoms with E-state index in [4.69, 9.17) is 0 Å². The van der Waals surface area contributed by atoms with Crippen molar-refractivity contribution >= 4 is 11.8 Å². The molecule has 6 heteroatoms. The summed E-state index contributed by atoms with van der Waals surface area (Å²) >= 11 is 1.58. The monoisotopic (exact) mass is 200 g/mol. The van der Waals surface area contributed by atoms with Crippen molar-refractivity contribution in [2.24, 2.45) is 5.18 Å². The van der Waals surface area contributed by atoms with Crippen LogP contribution in [0, 0.1) is 4.91 Å². The van der Waals surface area contributed by atoms with Gasteiger partial charge in [0.15, 0.2) is 6.17 Å². The minimum atomic E-state index is -0.509. The summed E-state index contributed by atoms with van der Waals surface area (Å²) in [6.07, 6.45) is 4.33. The van der Waals surface area contributed by atoms with Crippen LogP contribution in [0.4, 0.5) is 0 Å². The van der Waals surface area contributed by atoms with Crippen LogP contribution in [0.2, 0.25) is 0 Å². The smallest absolute Gasteiger partial charge is 0.198 e. The van der Waals surface area contributed by atoms with Crippen LogP contribution in [0.15, 0.2) is 17.8 Å². The quantitative estimate of drug-likeness (QED) is 0.694. The van der Waals surface area contributed by atoms with E-state index >= 15 is 0 Å². The summed E-state index contributed by atoms with van der Waals surface area (Å²) in [6, 6.07) is 0. The number of thioether (sulfide) groups is 1. The van der Waals surface area contributed by atoms with E-state index in [0.717, 1.165) is 0 Å². The minimum absolute atomic E-state index is 0.268. The average molecular weight is 200 g/mol. The molecule has 1 rings (SSSR count). The van der Waals surface area contributed by atoms with Crippen molar-refractivity contribution in [3.05, 3.63) is 17.6 Å². The molecule has 13 heavy (non-hydrogen) atoms. The Hall–Kier alpha value is -0.910. The third kappa shape index (κ3) is 2.06. The van der Waals surface area contributed by atoms with Crippen LogP contribution in [0.5, 0.6) is 0 Å². The normalized spacial score (nSPS) is 14.1. The second-order valence-electron chi connectivity index (χ2n) is 3.16. The molecule has 0 saturated carbocycles. The Morgan fingerprint density at radius 2 is 2.31 bits per heavy atom. The van der Waals surface area contributed by atoms with Gasteiger partial charge in [-0.15, -0.1) is 4.91 Å². The van der Waals surface area contributed by atoms with Crippen molar-refractivity contribution < 1.29 is 0 Å². The number of hydrogen-bond donors (Lipinski definition) is 0. The highest BCUT2D eigenvalue weighted by Crippen LogP contribution is 2.34. The molecule has 0 radical (unpaired) electrons. The zero-order valence-corrected chi connectivity index (χ0v) is 8.65. The number of nitroso groups, excluding NO2 is 1. The first-order valence-electron chi connectivity index (χ1n) is 3.83. The average Bonchev–Trinajstić information content (AvgIpc) is 2.58. The lowest BCUT2D eigenvalue weighted by atomic mass is 10.1. The fraction of sp³-hybridized carbons (Fsp3) is 0.714. The summed E-state index contributed by atoms with van der Waals surface area (Å²) in [7, 11) is 0. The Kier molecular flexibility index (Phi) is 3.02. The molecule has 0 aliphatic rings. The number of nitrogens with zero attached hydrogens (tertiary/aromatic N) is 4. The van der Waals surface area contributed by atoms with Gasteiger partial charge in [0.25, 0.3) is 0 Å². The molecule has 0 saturated heterocycles. The predicted octanol–water partition coefficient (Wildman–Crippen LogP) is 1.68. The fourth-order valence-electron chi connectivity index (χ4n) is 0.943. The van der Waals surface area contributed by atoms with Gasteiger partial charge in [-0.3, -0.25) is 0 Å². The van der Waals surface area contributed by atoms with Gasteiger partial charge >= 0.3 is 0 Å². The first-order valence-corrected chi connectivity index (χ1v) is 5.06. The lowest BCUT2D eigenvalue weighted by molar-refractivity contribution is 0.389. The molecule has 0 aliphatic heterocycles. The van der Waals surface area contributed by atoms with Crippen LogP contribution in [-0.2, 0) is 0 Å². The van der Waals surface area contributed by atoms with E-state index in [0.29, 0.717) is 0 Å². The third-order valence-electron chi connectivity index (χ3n) is 1.93. The van der Waals surface area contributed by atoms with Crippen LogP contribution in [0.25, 0.3) is 0 Å². The van der Waals surface area contributed by atoms with Crippen molar-refractivity contribution in [3.63, 3.8) is 0 Å². The molecule has 0 amide bonds. The van der Waals surface area contributed by atoms with Crippen LogP contribution in [0.1, 0.15) is 20.0 Å². The van der Waals surface area contributed by atoms with Crippen LogP contribution < -0.4 is 0 Å². The Balaban J connectivity index is 2.92.